The first-order valence-corrected chi connectivity index (χ1v) is 7.58. The van der Waals surface area contributed by atoms with Crippen LogP contribution in [0.1, 0.15) is 0 Å². The van der Waals surface area contributed by atoms with Crippen LogP contribution in [0.25, 0.3) is 22.0 Å². The van der Waals surface area contributed by atoms with Crippen molar-refractivity contribution in [2.75, 3.05) is 5.32 Å². The molecule has 0 amide bonds. The Kier molecular flexibility index (Phi) is 3.44. The Labute approximate surface area is 138 Å². The van der Waals surface area contributed by atoms with Crippen LogP contribution in [-0.2, 0) is 0 Å². The van der Waals surface area contributed by atoms with E-state index < -0.39 is 0 Å². The van der Waals surface area contributed by atoms with Gasteiger partial charge in [-0.25, -0.2) is 0 Å². The summed E-state index contributed by atoms with van der Waals surface area (Å²) >= 11 is 6.06. The molecule has 4 nitrogen and oxygen atoms in total. The predicted molar refractivity (Wildman–Crippen MR) is 94.1 cm³/mol. The van der Waals surface area contributed by atoms with Gasteiger partial charge in [0.25, 0.3) is 0 Å². The van der Waals surface area contributed by atoms with E-state index in [0.29, 0.717) is 5.02 Å². The van der Waals surface area contributed by atoms with Crippen LogP contribution >= 0.6 is 11.6 Å². The third-order valence-corrected chi connectivity index (χ3v) is 3.91. The summed E-state index contributed by atoms with van der Waals surface area (Å²) in [5.74, 6) is 0. The van der Waals surface area contributed by atoms with Gasteiger partial charge >= 0.3 is 0 Å². The summed E-state index contributed by atoms with van der Waals surface area (Å²) < 4.78 is 0. The quantitative estimate of drug-likeness (QED) is 0.557. The van der Waals surface area contributed by atoms with Gasteiger partial charge in [0.05, 0.1) is 11.7 Å². The zero-order valence-electron chi connectivity index (χ0n) is 12.1. The second kappa shape index (κ2) is 5.74. The third kappa shape index (κ3) is 2.76. The smallest absolute Gasteiger partial charge is 0.0723 e. The number of pyridine rings is 1. The first kappa shape index (κ1) is 13.8. The molecule has 0 saturated carbocycles. The maximum Gasteiger partial charge on any atom is 0.0723 e. The molecular weight excluding hydrogens is 308 g/mol. The monoisotopic (exact) mass is 320 g/mol. The molecule has 0 atom stereocenters. The van der Waals surface area contributed by atoms with Gasteiger partial charge in [0.2, 0.25) is 0 Å². The number of hydrogen-bond donors (Lipinski definition) is 2. The molecule has 0 aliphatic heterocycles. The molecule has 0 aliphatic carbocycles. The highest BCUT2D eigenvalue weighted by atomic mass is 35.5. The highest BCUT2D eigenvalue weighted by molar-refractivity contribution is 6.30. The van der Waals surface area contributed by atoms with Crippen molar-refractivity contribution in [1.29, 1.82) is 0 Å². The number of aromatic amines is 1. The van der Waals surface area contributed by atoms with E-state index in [1.54, 1.807) is 6.20 Å². The van der Waals surface area contributed by atoms with E-state index in [1.165, 1.54) is 0 Å². The van der Waals surface area contributed by atoms with Crippen LogP contribution in [0.4, 0.5) is 11.4 Å². The first-order valence-electron chi connectivity index (χ1n) is 7.20. The molecule has 0 bridgehead atoms. The Bertz CT molecular complexity index is 964. The van der Waals surface area contributed by atoms with E-state index in [-0.39, 0.29) is 0 Å². The largest absolute Gasteiger partial charge is 0.355 e. The van der Waals surface area contributed by atoms with Gasteiger partial charge in [-0.2, -0.15) is 5.10 Å². The Morgan fingerprint density at radius 1 is 1.00 bits per heavy atom. The number of hydrogen-bond acceptors (Lipinski definition) is 3. The number of nitrogens with one attached hydrogen (secondary N) is 2. The number of aromatic nitrogens is 3. The molecule has 4 rings (SSSR count). The second-order valence-electron chi connectivity index (χ2n) is 5.21. The minimum Gasteiger partial charge on any atom is -0.355 e. The topological polar surface area (TPSA) is 53.6 Å². The molecule has 23 heavy (non-hydrogen) atoms. The summed E-state index contributed by atoms with van der Waals surface area (Å²) in [4.78, 5) is 4.43. The number of fused-ring (bicyclic) bond motifs is 1. The lowest BCUT2D eigenvalue weighted by atomic mass is 10.1. The molecule has 2 N–H and O–H groups in total. The number of rotatable bonds is 3. The molecule has 2 aromatic heterocycles. The number of benzene rings is 2. The molecule has 0 spiro atoms. The summed E-state index contributed by atoms with van der Waals surface area (Å²) in [5, 5.41) is 12.0. The Morgan fingerprint density at radius 3 is 2.78 bits per heavy atom. The van der Waals surface area contributed by atoms with Crippen LogP contribution in [0.3, 0.4) is 0 Å². The van der Waals surface area contributed by atoms with Crippen molar-refractivity contribution >= 4 is 33.9 Å². The van der Waals surface area contributed by atoms with Crippen molar-refractivity contribution in [2.45, 2.75) is 0 Å². The lowest BCUT2D eigenvalue weighted by Crippen LogP contribution is -1.93. The third-order valence-electron chi connectivity index (χ3n) is 3.68. The average molecular weight is 321 g/mol. The summed E-state index contributed by atoms with van der Waals surface area (Å²) in [6.07, 6.45) is 5.48. The first-order chi connectivity index (χ1) is 11.3. The van der Waals surface area contributed by atoms with Crippen LogP contribution in [-0.4, -0.2) is 15.2 Å². The fourth-order valence-corrected chi connectivity index (χ4v) is 2.76. The summed E-state index contributed by atoms with van der Waals surface area (Å²) in [5.41, 5.74) is 5.00. The maximum absolute atomic E-state index is 6.06. The van der Waals surface area contributed by atoms with E-state index >= 15 is 0 Å². The van der Waals surface area contributed by atoms with Crippen LogP contribution in [0.5, 0.6) is 0 Å². The van der Waals surface area contributed by atoms with E-state index in [4.69, 9.17) is 11.6 Å². The van der Waals surface area contributed by atoms with Gasteiger partial charge in [-0.15, -0.1) is 0 Å². The highest BCUT2D eigenvalue weighted by Crippen LogP contribution is 2.30. The lowest BCUT2D eigenvalue weighted by Gasteiger charge is -2.10. The van der Waals surface area contributed by atoms with Crippen molar-refractivity contribution in [3.63, 3.8) is 0 Å². The van der Waals surface area contributed by atoms with Crippen LogP contribution in [0.2, 0.25) is 5.02 Å². The minimum atomic E-state index is 0.701. The van der Waals surface area contributed by atoms with Crippen molar-refractivity contribution < 1.29 is 0 Å². The van der Waals surface area contributed by atoms with Gasteiger partial charge in [0.15, 0.2) is 0 Å². The summed E-state index contributed by atoms with van der Waals surface area (Å²) in [6, 6.07) is 15.8. The van der Waals surface area contributed by atoms with E-state index in [2.05, 4.69) is 26.6 Å². The molecule has 0 radical (unpaired) electrons. The number of halogens is 1. The van der Waals surface area contributed by atoms with Crippen LogP contribution in [0, 0.1) is 0 Å². The van der Waals surface area contributed by atoms with Gasteiger partial charge in [-0.1, -0.05) is 23.7 Å². The molecule has 5 heteroatoms. The van der Waals surface area contributed by atoms with Crippen molar-refractivity contribution in [1.82, 2.24) is 15.2 Å². The SMILES string of the molecule is Clc1cccc(Nc2ccnc3ccc(-c4cn[nH]c4)cc23)c1. The van der Waals surface area contributed by atoms with Gasteiger partial charge in [0, 0.05) is 39.7 Å². The van der Waals surface area contributed by atoms with Gasteiger partial charge in [0.1, 0.15) is 0 Å². The fraction of sp³-hybridized carbons (Fsp3) is 0. The average Bonchev–Trinajstić information content (AvgIpc) is 3.09. The maximum atomic E-state index is 6.06. The van der Waals surface area contributed by atoms with E-state index in [1.807, 2.05) is 54.9 Å². The van der Waals surface area contributed by atoms with Crippen LogP contribution < -0.4 is 5.32 Å². The molecule has 0 unspecified atom stereocenters. The molecule has 0 saturated heterocycles. The molecule has 2 aromatic carbocycles. The molecule has 112 valence electrons. The number of anilines is 2. The zero-order valence-corrected chi connectivity index (χ0v) is 12.9. The molecule has 0 fully saturated rings. The van der Waals surface area contributed by atoms with Gasteiger partial charge in [-0.05, 0) is 42.0 Å². The van der Waals surface area contributed by atoms with Gasteiger partial charge in [-0.3, -0.25) is 10.1 Å². The number of nitrogens with zero attached hydrogens (tertiary/aromatic N) is 2. The summed E-state index contributed by atoms with van der Waals surface area (Å²) in [7, 11) is 0. The van der Waals surface area contributed by atoms with Gasteiger partial charge < -0.3 is 5.32 Å². The van der Waals surface area contributed by atoms with Crippen molar-refractivity contribution in [3.8, 4) is 11.1 Å². The van der Waals surface area contributed by atoms with E-state index in [9.17, 15) is 0 Å². The summed E-state index contributed by atoms with van der Waals surface area (Å²) in [6.45, 7) is 0. The highest BCUT2D eigenvalue weighted by Gasteiger charge is 2.06. The number of H-pyrrole nitrogens is 1. The standard InChI is InChI=1S/C18H13ClN4/c19-14-2-1-3-15(9-14)23-18-6-7-20-17-5-4-12(8-16(17)18)13-10-21-22-11-13/h1-11H,(H,20,23)(H,21,22). The zero-order chi connectivity index (χ0) is 15.6. The second-order valence-corrected chi connectivity index (χ2v) is 5.65. The van der Waals surface area contributed by atoms with Crippen LogP contribution in [0.15, 0.2) is 67.1 Å². The van der Waals surface area contributed by atoms with E-state index in [0.717, 1.165) is 33.4 Å². The molecule has 0 aliphatic rings. The van der Waals surface area contributed by atoms with Crippen molar-refractivity contribution in [2.24, 2.45) is 0 Å². The molecule has 4 aromatic rings. The minimum absolute atomic E-state index is 0.701. The predicted octanol–water partition coefficient (Wildman–Crippen LogP) is 5.02. The fourth-order valence-electron chi connectivity index (χ4n) is 2.57. The Hall–Kier alpha value is -2.85. The normalized spacial score (nSPS) is 10.8. The molecule has 2 heterocycles. The Morgan fingerprint density at radius 2 is 1.96 bits per heavy atom. The Balaban J connectivity index is 1.81. The van der Waals surface area contributed by atoms with Crippen molar-refractivity contribution in [3.05, 3.63) is 72.1 Å². The lowest BCUT2D eigenvalue weighted by molar-refractivity contribution is 1.09. The molecular formula is C18H13ClN4.